The van der Waals surface area contributed by atoms with Crippen LogP contribution in [-0.2, 0) is 17.9 Å². The number of likely N-dealkylation sites (N-methyl/N-ethyl adjacent to an activating group) is 1. The van der Waals surface area contributed by atoms with Crippen molar-refractivity contribution in [3.8, 4) is 0 Å². The first-order chi connectivity index (χ1) is 13.0. The Hall–Kier alpha value is -3.15. The van der Waals surface area contributed by atoms with Gasteiger partial charge < -0.3 is 9.80 Å². The van der Waals surface area contributed by atoms with E-state index in [-0.39, 0.29) is 17.9 Å². The molecular weight excluding hydrogens is 340 g/mol. The van der Waals surface area contributed by atoms with Crippen molar-refractivity contribution in [1.82, 2.24) is 14.7 Å². The highest BCUT2D eigenvalue weighted by Crippen LogP contribution is 2.14. The van der Waals surface area contributed by atoms with Crippen LogP contribution in [0.2, 0.25) is 0 Å². The summed E-state index contributed by atoms with van der Waals surface area (Å²) >= 11 is 0. The molecule has 0 aliphatic carbocycles. The molecule has 1 amide bonds. The number of benzene rings is 2. The van der Waals surface area contributed by atoms with Gasteiger partial charge in [-0.3, -0.25) is 14.3 Å². The van der Waals surface area contributed by atoms with Gasteiger partial charge in [-0.25, -0.2) is 0 Å². The Morgan fingerprint density at radius 3 is 2.44 bits per heavy atom. The number of nitrogens with zero attached hydrogens (tertiary/aromatic N) is 4. The van der Waals surface area contributed by atoms with Gasteiger partial charge in [0.05, 0.1) is 11.7 Å². The Bertz CT molecular complexity index is 993. The monoisotopic (exact) mass is 364 g/mol. The predicted molar refractivity (Wildman–Crippen MR) is 108 cm³/mol. The molecule has 140 valence electrons. The maximum Gasteiger partial charge on any atom is 0.244 e. The topological polar surface area (TPSA) is 58.4 Å². The van der Waals surface area contributed by atoms with Crippen LogP contribution in [0.25, 0.3) is 10.9 Å². The van der Waals surface area contributed by atoms with Crippen LogP contribution in [0, 0.1) is 0 Å². The molecule has 27 heavy (non-hydrogen) atoms. The van der Waals surface area contributed by atoms with Gasteiger partial charge in [-0.2, -0.15) is 5.10 Å². The highest BCUT2D eigenvalue weighted by molar-refractivity contribution is 5.81. The molecule has 3 aromatic rings. The van der Waals surface area contributed by atoms with Crippen molar-refractivity contribution in [3.63, 3.8) is 0 Å². The summed E-state index contributed by atoms with van der Waals surface area (Å²) in [6.45, 7) is 3.21. The largest absolute Gasteiger partial charge is 0.378 e. The molecule has 6 nitrogen and oxygen atoms in total. The van der Waals surface area contributed by atoms with Crippen LogP contribution in [-0.4, -0.2) is 41.2 Å². The maximum atomic E-state index is 12.8. The zero-order chi connectivity index (χ0) is 19.4. The van der Waals surface area contributed by atoms with Crippen molar-refractivity contribution in [2.45, 2.75) is 20.0 Å². The normalized spacial score (nSPS) is 10.8. The van der Waals surface area contributed by atoms with Crippen molar-refractivity contribution in [1.29, 1.82) is 0 Å². The lowest BCUT2D eigenvalue weighted by atomic mass is 10.2. The van der Waals surface area contributed by atoms with Crippen molar-refractivity contribution in [3.05, 3.63) is 70.5 Å². The highest BCUT2D eigenvalue weighted by Gasteiger charge is 2.15. The molecule has 0 aliphatic heterocycles. The van der Waals surface area contributed by atoms with Gasteiger partial charge >= 0.3 is 0 Å². The lowest BCUT2D eigenvalue weighted by molar-refractivity contribution is -0.132. The summed E-state index contributed by atoms with van der Waals surface area (Å²) in [5.41, 5.74) is 2.73. The number of amides is 1. The molecule has 0 fully saturated rings. The molecule has 2 aromatic carbocycles. The second-order valence-electron chi connectivity index (χ2n) is 6.65. The summed E-state index contributed by atoms with van der Waals surface area (Å²) in [5, 5.41) is 4.72. The third kappa shape index (κ3) is 4.16. The number of anilines is 1. The summed E-state index contributed by atoms with van der Waals surface area (Å²) in [6, 6.07) is 15.4. The number of fused-ring (bicyclic) bond motifs is 1. The first-order valence-corrected chi connectivity index (χ1v) is 8.98. The minimum atomic E-state index is -0.136. The Kier molecular flexibility index (Phi) is 5.54. The fraction of sp³-hybridized carbons (Fsp3) is 0.286. The molecule has 0 unspecified atom stereocenters. The van der Waals surface area contributed by atoms with E-state index in [0.717, 1.165) is 11.3 Å². The summed E-state index contributed by atoms with van der Waals surface area (Å²) in [6.07, 6.45) is 1.27. The summed E-state index contributed by atoms with van der Waals surface area (Å²) < 4.78 is 1.59. The second kappa shape index (κ2) is 8.03. The van der Waals surface area contributed by atoms with Crippen molar-refractivity contribution in [2.24, 2.45) is 0 Å². The van der Waals surface area contributed by atoms with Gasteiger partial charge in [0, 0.05) is 38.3 Å². The van der Waals surface area contributed by atoms with Crippen LogP contribution in [0.4, 0.5) is 5.69 Å². The van der Waals surface area contributed by atoms with Crippen LogP contribution in [0.3, 0.4) is 0 Å². The van der Waals surface area contributed by atoms with E-state index in [0.29, 0.717) is 24.0 Å². The number of hydrogen-bond acceptors (Lipinski definition) is 4. The van der Waals surface area contributed by atoms with Crippen LogP contribution in [0.1, 0.15) is 12.5 Å². The molecule has 0 bridgehead atoms. The molecule has 0 saturated carbocycles. The average Bonchev–Trinajstić information content (AvgIpc) is 2.68. The lowest BCUT2D eigenvalue weighted by Gasteiger charge is -2.22. The Balaban J connectivity index is 1.78. The number of aromatic nitrogens is 2. The predicted octanol–water partition coefficient (Wildman–Crippen LogP) is 2.51. The molecule has 3 rings (SSSR count). The van der Waals surface area contributed by atoms with E-state index in [1.165, 1.54) is 6.20 Å². The van der Waals surface area contributed by atoms with E-state index >= 15 is 0 Å². The molecule has 0 atom stereocenters. The molecule has 1 heterocycles. The first-order valence-electron chi connectivity index (χ1n) is 8.98. The number of para-hydroxylation sites is 1. The number of carbonyl (C=O) groups is 1. The number of rotatable bonds is 6. The molecule has 1 aromatic heterocycles. The number of hydrogen-bond donors (Lipinski definition) is 0. The van der Waals surface area contributed by atoms with Crippen LogP contribution >= 0.6 is 0 Å². The fourth-order valence-electron chi connectivity index (χ4n) is 3.01. The van der Waals surface area contributed by atoms with Gasteiger partial charge in [0.25, 0.3) is 0 Å². The van der Waals surface area contributed by atoms with Crippen LogP contribution in [0.5, 0.6) is 0 Å². The molecule has 0 radical (unpaired) electrons. The van der Waals surface area contributed by atoms with E-state index in [1.807, 2.05) is 68.4 Å². The van der Waals surface area contributed by atoms with Crippen LogP contribution < -0.4 is 10.3 Å². The first kappa shape index (κ1) is 18.6. The minimum Gasteiger partial charge on any atom is -0.378 e. The SMILES string of the molecule is CCN(Cc1ccc(N(C)C)cc1)C(=O)Cn1ncc(=O)c2ccccc21. The fourth-order valence-corrected chi connectivity index (χ4v) is 3.01. The molecule has 0 aliphatic rings. The van der Waals surface area contributed by atoms with Gasteiger partial charge in [0.2, 0.25) is 11.3 Å². The average molecular weight is 364 g/mol. The zero-order valence-corrected chi connectivity index (χ0v) is 15.9. The molecule has 6 heteroatoms. The molecule has 0 saturated heterocycles. The van der Waals surface area contributed by atoms with E-state index in [9.17, 15) is 9.59 Å². The van der Waals surface area contributed by atoms with Crippen LogP contribution in [0.15, 0.2) is 59.5 Å². The summed E-state index contributed by atoms with van der Waals surface area (Å²) in [5.74, 6) is -0.0320. The minimum absolute atomic E-state index is 0.0320. The zero-order valence-electron chi connectivity index (χ0n) is 15.9. The van der Waals surface area contributed by atoms with Gasteiger partial charge in [-0.1, -0.05) is 24.3 Å². The Morgan fingerprint density at radius 1 is 1.07 bits per heavy atom. The van der Waals surface area contributed by atoms with Gasteiger partial charge in [0.1, 0.15) is 6.54 Å². The molecular formula is C21H24N4O2. The standard InChI is InChI=1S/C21H24N4O2/c1-4-24(14-16-9-11-17(12-10-16)23(2)3)21(27)15-25-19-8-6-5-7-18(19)20(26)13-22-25/h5-13H,4,14-15H2,1-3H3. The quantitative estimate of drug-likeness (QED) is 0.674. The van der Waals surface area contributed by atoms with Crippen molar-refractivity contribution >= 4 is 22.5 Å². The van der Waals surface area contributed by atoms with E-state index in [4.69, 9.17) is 0 Å². The van der Waals surface area contributed by atoms with Crippen molar-refractivity contribution < 1.29 is 4.79 Å². The third-order valence-corrected chi connectivity index (χ3v) is 4.61. The van der Waals surface area contributed by atoms with Crippen molar-refractivity contribution in [2.75, 3.05) is 25.5 Å². The Morgan fingerprint density at radius 2 is 1.78 bits per heavy atom. The lowest BCUT2D eigenvalue weighted by Crippen LogP contribution is -2.34. The summed E-state index contributed by atoms with van der Waals surface area (Å²) in [7, 11) is 4.00. The van der Waals surface area contributed by atoms with E-state index in [1.54, 1.807) is 15.6 Å². The third-order valence-electron chi connectivity index (χ3n) is 4.61. The van der Waals surface area contributed by atoms with E-state index in [2.05, 4.69) is 5.10 Å². The van der Waals surface area contributed by atoms with Gasteiger partial charge in [-0.05, 0) is 36.8 Å². The molecule has 0 N–H and O–H groups in total. The van der Waals surface area contributed by atoms with Gasteiger partial charge in [0.15, 0.2) is 0 Å². The number of carbonyl (C=O) groups excluding carboxylic acids is 1. The summed E-state index contributed by atoms with van der Waals surface area (Å²) in [4.78, 5) is 28.6. The maximum absolute atomic E-state index is 12.8. The molecule has 0 spiro atoms. The van der Waals surface area contributed by atoms with E-state index < -0.39 is 0 Å². The second-order valence-corrected chi connectivity index (χ2v) is 6.65. The Labute approximate surface area is 158 Å². The highest BCUT2D eigenvalue weighted by atomic mass is 16.2. The smallest absolute Gasteiger partial charge is 0.244 e. The van der Waals surface area contributed by atoms with Gasteiger partial charge in [-0.15, -0.1) is 0 Å².